The molecule has 1 aromatic rings. The maximum atomic E-state index is 9.31. The predicted octanol–water partition coefficient (Wildman–Crippen LogP) is 1.63. The number of nitrogens with two attached hydrogens (primary N) is 1. The maximum absolute atomic E-state index is 9.31. The van der Waals surface area contributed by atoms with Crippen LogP contribution in [0.4, 0.5) is 5.69 Å². The molecule has 0 saturated carbocycles. The zero-order valence-electron chi connectivity index (χ0n) is 8.89. The molecule has 3 heteroatoms. The Balaban J connectivity index is 2.16. The van der Waals surface area contributed by atoms with Crippen LogP contribution in [-0.2, 0) is 0 Å². The first-order valence-electron chi connectivity index (χ1n) is 5.56. The van der Waals surface area contributed by atoms with Gasteiger partial charge in [0.05, 0.1) is 0 Å². The first kappa shape index (κ1) is 10.5. The summed E-state index contributed by atoms with van der Waals surface area (Å²) in [7, 11) is 0. The molecule has 0 aromatic heterocycles. The standard InChI is InChI=1S/C12H18N2O/c13-12(15)10-5-4-6-11(9-10)14-7-2-1-3-8-14/h4-6,9,12,15H,1-3,7-8,13H2. The molecule has 0 radical (unpaired) electrons. The second-order valence-corrected chi connectivity index (χ2v) is 4.09. The molecule has 1 unspecified atom stereocenters. The first-order chi connectivity index (χ1) is 7.27. The molecule has 2 rings (SSSR count). The van der Waals surface area contributed by atoms with Gasteiger partial charge in [-0.3, -0.25) is 0 Å². The van der Waals surface area contributed by atoms with Gasteiger partial charge in [0, 0.05) is 18.8 Å². The molecule has 1 fully saturated rings. The minimum atomic E-state index is -0.866. The van der Waals surface area contributed by atoms with Gasteiger partial charge in [-0.1, -0.05) is 12.1 Å². The number of aliphatic hydroxyl groups is 1. The Bertz CT molecular complexity index is 319. The topological polar surface area (TPSA) is 49.5 Å². The number of hydrogen-bond donors (Lipinski definition) is 2. The highest BCUT2D eigenvalue weighted by molar-refractivity contribution is 5.49. The number of hydrogen-bond acceptors (Lipinski definition) is 3. The van der Waals surface area contributed by atoms with E-state index in [-0.39, 0.29) is 0 Å². The van der Waals surface area contributed by atoms with Gasteiger partial charge < -0.3 is 15.7 Å². The number of nitrogens with zero attached hydrogens (tertiary/aromatic N) is 1. The number of benzene rings is 1. The van der Waals surface area contributed by atoms with Gasteiger partial charge in [0.2, 0.25) is 0 Å². The molecule has 1 aliphatic heterocycles. The Hall–Kier alpha value is -1.06. The lowest BCUT2D eigenvalue weighted by molar-refractivity contribution is 0.186. The number of rotatable bonds is 2. The predicted molar refractivity (Wildman–Crippen MR) is 61.7 cm³/mol. The smallest absolute Gasteiger partial charge is 0.128 e. The van der Waals surface area contributed by atoms with Gasteiger partial charge in [0.25, 0.3) is 0 Å². The van der Waals surface area contributed by atoms with Crippen molar-refractivity contribution < 1.29 is 5.11 Å². The lowest BCUT2D eigenvalue weighted by atomic mass is 10.1. The second kappa shape index (κ2) is 4.64. The zero-order chi connectivity index (χ0) is 10.7. The van der Waals surface area contributed by atoms with Crippen LogP contribution in [0.5, 0.6) is 0 Å². The van der Waals surface area contributed by atoms with E-state index in [4.69, 9.17) is 5.73 Å². The Labute approximate surface area is 90.5 Å². The number of piperidine rings is 1. The van der Waals surface area contributed by atoms with Crippen LogP contribution in [0.25, 0.3) is 0 Å². The molecule has 15 heavy (non-hydrogen) atoms. The highest BCUT2D eigenvalue weighted by atomic mass is 16.3. The van der Waals surface area contributed by atoms with Crippen LogP contribution in [0, 0.1) is 0 Å². The van der Waals surface area contributed by atoms with Gasteiger partial charge >= 0.3 is 0 Å². The van der Waals surface area contributed by atoms with Crippen molar-refractivity contribution >= 4 is 5.69 Å². The molecule has 0 spiro atoms. The van der Waals surface area contributed by atoms with Crippen molar-refractivity contribution in [2.24, 2.45) is 5.73 Å². The molecular formula is C12H18N2O. The van der Waals surface area contributed by atoms with E-state index < -0.39 is 6.23 Å². The quantitative estimate of drug-likeness (QED) is 0.723. The Morgan fingerprint density at radius 2 is 1.93 bits per heavy atom. The first-order valence-corrected chi connectivity index (χ1v) is 5.56. The molecule has 0 bridgehead atoms. The minimum Gasteiger partial charge on any atom is -0.375 e. The molecule has 1 atom stereocenters. The summed E-state index contributed by atoms with van der Waals surface area (Å²) >= 11 is 0. The number of anilines is 1. The van der Waals surface area contributed by atoms with Crippen LogP contribution >= 0.6 is 0 Å². The molecule has 1 saturated heterocycles. The minimum absolute atomic E-state index is 0.790. The highest BCUT2D eigenvalue weighted by Gasteiger charge is 2.11. The van der Waals surface area contributed by atoms with Crippen molar-refractivity contribution in [3.63, 3.8) is 0 Å². The third-order valence-electron chi connectivity index (χ3n) is 2.93. The van der Waals surface area contributed by atoms with Crippen molar-refractivity contribution in [2.45, 2.75) is 25.5 Å². The summed E-state index contributed by atoms with van der Waals surface area (Å²) < 4.78 is 0. The SMILES string of the molecule is NC(O)c1cccc(N2CCCCC2)c1. The summed E-state index contributed by atoms with van der Waals surface area (Å²) in [4.78, 5) is 2.36. The van der Waals surface area contributed by atoms with Gasteiger partial charge in [-0.25, -0.2) is 0 Å². The monoisotopic (exact) mass is 206 g/mol. The van der Waals surface area contributed by atoms with Crippen molar-refractivity contribution in [3.05, 3.63) is 29.8 Å². The molecule has 1 aromatic carbocycles. The molecule has 0 amide bonds. The lowest BCUT2D eigenvalue weighted by Gasteiger charge is -2.29. The van der Waals surface area contributed by atoms with Gasteiger partial charge in [-0.05, 0) is 37.0 Å². The molecular weight excluding hydrogens is 188 g/mol. The van der Waals surface area contributed by atoms with Crippen LogP contribution in [0.2, 0.25) is 0 Å². The van der Waals surface area contributed by atoms with E-state index in [1.165, 1.54) is 24.9 Å². The summed E-state index contributed by atoms with van der Waals surface area (Å²) in [5.74, 6) is 0. The van der Waals surface area contributed by atoms with E-state index in [0.717, 1.165) is 18.7 Å². The number of aliphatic hydroxyl groups excluding tert-OH is 1. The maximum Gasteiger partial charge on any atom is 0.128 e. The third-order valence-corrected chi connectivity index (χ3v) is 2.93. The second-order valence-electron chi connectivity index (χ2n) is 4.09. The van der Waals surface area contributed by atoms with E-state index in [2.05, 4.69) is 11.0 Å². The van der Waals surface area contributed by atoms with E-state index in [1.54, 1.807) is 0 Å². The summed E-state index contributed by atoms with van der Waals surface area (Å²) in [6.45, 7) is 2.23. The highest BCUT2D eigenvalue weighted by Crippen LogP contribution is 2.22. The molecule has 1 heterocycles. The van der Waals surface area contributed by atoms with Crippen LogP contribution in [-0.4, -0.2) is 18.2 Å². The van der Waals surface area contributed by atoms with Gasteiger partial charge in [0.1, 0.15) is 6.23 Å². The van der Waals surface area contributed by atoms with E-state index in [1.807, 2.05) is 18.2 Å². The van der Waals surface area contributed by atoms with E-state index in [0.29, 0.717) is 0 Å². The van der Waals surface area contributed by atoms with Gasteiger partial charge in [-0.2, -0.15) is 0 Å². The van der Waals surface area contributed by atoms with Crippen LogP contribution in [0.3, 0.4) is 0 Å². The zero-order valence-corrected chi connectivity index (χ0v) is 8.89. The summed E-state index contributed by atoms with van der Waals surface area (Å²) in [5.41, 5.74) is 7.42. The van der Waals surface area contributed by atoms with Gasteiger partial charge in [0.15, 0.2) is 0 Å². The largest absolute Gasteiger partial charge is 0.375 e. The summed E-state index contributed by atoms with van der Waals surface area (Å²) in [6.07, 6.45) is 2.98. The molecule has 0 aliphatic carbocycles. The van der Waals surface area contributed by atoms with Crippen molar-refractivity contribution in [3.8, 4) is 0 Å². The molecule has 1 aliphatic rings. The lowest BCUT2D eigenvalue weighted by Crippen LogP contribution is -2.29. The van der Waals surface area contributed by atoms with Crippen molar-refractivity contribution in [2.75, 3.05) is 18.0 Å². The van der Waals surface area contributed by atoms with Crippen molar-refractivity contribution in [1.29, 1.82) is 0 Å². The van der Waals surface area contributed by atoms with Crippen LogP contribution in [0.1, 0.15) is 31.1 Å². The van der Waals surface area contributed by atoms with Crippen molar-refractivity contribution in [1.82, 2.24) is 0 Å². The fourth-order valence-electron chi connectivity index (χ4n) is 2.06. The van der Waals surface area contributed by atoms with Crippen LogP contribution < -0.4 is 10.6 Å². The Morgan fingerprint density at radius 3 is 2.60 bits per heavy atom. The fraction of sp³-hybridized carbons (Fsp3) is 0.500. The normalized spacial score (nSPS) is 18.9. The summed E-state index contributed by atoms with van der Waals surface area (Å²) in [5, 5.41) is 9.31. The van der Waals surface area contributed by atoms with E-state index in [9.17, 15) is 5.11 Å². The average molecular weight is 206 g/mol. The van der Waals surface area contributed by atoms with Gasteiger partial charge in [-0.15, -0.1) is 0 Å². The Kier molecular flexibility index (Phi) is 3.23. The molecule has 3 nitrogen and oxygen atoms in total. The summed E-state index contributed by atoms with van der Waals surface area (Å²) in [6, 6.07) is 7.88. The molecule has 3 N–H and O–H groups in total. The van der Waals surface area contributed by atoms with Crippen LogP contribution in [0.15, 0.2) is 24.3 Å². The fourth-order valence-corrected chi connectivity index (χ4v) is 2.06. The Morgan fingerprint density at radius 1 is 1.20 bits per heavy atom. The average Bonchev–Trinajstić information content (AvgIpc) is 2.30. The molecule has 82 valence electrons. The van der Waals surface area contributed by atoms with E-state index >= 15 is 0 Å². The third kappa shape index (κ3) is 2.49.